The first-order valence-corrected chi connectivity index (χ1v) is 7.97. The summed E-state index contributed by atoms with van der Waals surface area (Å²) < 4.78 is 0. The number of aromatic nitrogens is 1. The molecular formula is C14H25N3S. The maximum Gasteiger partial charge on any atom is 0.128 e. The monoisotopic (exact) mass is 267 g/mol. The van der Waals surface area contributed by atoms with Crippen molar-refractivity contribution in [3.05, 3.63) is 18.2 Å². The van der Waals surface area contributed by atoms with Gasteiger partial charge in [0.05, 0.1) is 0 Å². The van der Waals surface area contributed by atoms with Crippen LogP contribution in [0.15, 0.2) is 18.2 Å². The Bertz CT molecular complexity index is 331. The van der Waals surface area contributed by atoms with Crippen LogP contribution in [0.2, 0.25) is 0 Å². The van der Waals surface area contributed by atoms with Crippen molar-refractivity contribution < 1.29 is 0 Å². The summed E-state index contributed by atoms with van der Waals surface area (Å²) in [5.74, 6) is 4.32. The normalized spacial score (nSPS) is 12.2. The van der Waals surface area contributed by atoms with Crippen LogP contribution in [0.25, 0.3) is 0 Å². The standard InChI is InChI=1S/C14H25N3S/c1-4-10-15-13-7-6-8-14(17-13)16-12(3)9-11-18-5-2/h6-8,12H,4-5,9-11H2,1-3H3,(H2,15,16,17). The molecule has 0 aliphatic carbocycles. The van der Waals surface area contributed by atoms with Gasteiger partial charge in [0.1, 0.15) is 11.6 Å². The van der Waals surface area contributed by atoms with Gasteiger partial charge < -0.3 is 10.6 Å². The van der Waals surface area contributed by atoms with Crippen molar-refractivity contribution in [2.24, 2.45) is 0 Å². The number of hydrogen-bond donors (Lipinski definition) is 2. The predicted molar refractivity (Wildman–Crippen MR) is 83.7 cm³/mol. The number of hydrogen-bond acceptors (Lipinski definition) is 4. The first-order valence-electron chi connectivity index (χ1n) is 6.81. The summed E-state index contributed by atoms with van der Waals surface area (Å²) in [7, 11) is 0. The quantitative estimate of drug-likeness (QED) is 0.666. The van der Waals surface area contributed by atoms with Crippen molar-refractivity contribution in [2.45, 2.75) is 39.7 Å². The Balaban J connectivity index is 2.40. The Morgan fingerprint density at radius 2 is 2.06 bits per heavy atom. The van der Waals surface area contributed by atoms with Gasteiger partial charge in [-0.3, -0.25) is 0 Å². The van der Waals surface area contributed by atoms with Gasteiger partial charge in [-0.2, -0.15) is 11.8 Å². The van der Waals surface area contributed by atoms with Crippen molar-refractivity contribution in [1.29, 1.82) is 0 Å². The fourth-order valence-electron chi connectivity index (χ4n) is 1.60. The van der Waals surface area contributed by atoms with Gasteiger partial charge in [0.15, 0.2) is 0 Å². The highest BCUT2D eigenvalue weighted by molar-refractivity contribution is 7.99. The molecule has 0 fully saturated rings. The molecule has 0 bridgehead atoms. The van der Waals surface area contributed by atoms with E-state index < -0.39 is 0 Å². The van der Waals surface area contributed by atoms with Crippen LogP contribution < -0.4 is 10.6 Å². The van der Waals surface area contributed by atoms with Crippen LogP contribution >= 0.6 is 11.8 Å². The van der Waals surface area contributed by atoms with E-state index in [1.165, 1.54) is 17.9 Å². The molecule has 1 heterocycles. The van der Waals surface area contributed by atoms with Crippen molar-refractivity contribution in [1.82, 2.24) is 4.98 Å². The van der Waals surface area contributed by atoms with Gasteiger partial charge in [-0.25, -0.2) is 4.98 Å². The fourth-order valence-corrected chi connectivity index (χ4v) is 2.40. The second-order valence-electron chi connectivity index (χ2n) is 4.37. The summed E-state index contributed by atoms with van der Waals surface area (Å²) in [4.78, 5) is 4.55. The molecule has 0 aliphatic rings. The van der Waals surface area contributed by atoms with Gasteiger partial charge >= 0.3 is 0 Å². The lowest BCUT2D eigenvalue weighted by molar-refractivity contribution is 0.766. The third-order valence-corrected chi connectivity index (χ3v) is 3.53. The minimum Gasteiger partial charge on any atom is -0.370 e. The molecule has 0 saturated carbocycles. The van der Waals surface area contributed by atoms with Crippen LogP contribution in [-0.4, -0.2) is 29.1 Å². The van der Waals surface area contributed by atoms with Crippen LogP contribution in [-0.2, 0) is 0 Å². The third kappa shape index (κ3) is 6.15. The molecule has 0 radical (unpaired) electrons. The Labute approximate surface area is 115 Å². The van der Waals surface area contributed by atoms with Gasteiger partial charge in [0.2, 0.25) is 0 Å². The molecule has 1 aromatic heterocycles. The second-order valence-corrected chi connectivity index (χ2v) is 5.76. The molecule has 4 heteroatoms. The Hall–Kier alpha value is -0.900. The predicted octanol–water partition coefficient (Wildman–Crippen LogP) is 3.85. The van der Waals surface area contributed by atoms with E-state index in [0.717, 1.165) is 24.6 Å². The van der Waals surface area contributed by atoms with E-state index in [2.05, 4.69) is 36.4 Å². The molecule has 1 aromatic rings. The zero-order valence-corrected chi connectivity index (χ0v) is 12.5. The van der Waals surface area contributed by atoms with Gasteiger partial charge in [-0.1, -0.05) is 19.9 Å². The van der Waals surface area contributed by atoms with E-state index in [1.54, 1.807) is 0 Å². The highest BCUT2D eigenvalue weighted by Crippen LogP contribution is 2.12. The van der Waals surface area contributed by atoms with Crippen molar-refractivity contribution in [3.63, 3.8) is 0 Å². The number of anilines is 2. The second kappa shape index (κ2) is 9.09. The summed E-state index contributed by atoms with van der Waals surface area (Å²) in [5.41, 5.74) is 0. The Morgan fingerprint density at radius 3 is 2.78 bits per heavy atom. The summed E-state index contributed by atoms with van der Waals surface area (Å²) in [6.07, 6.45) is 2.29. The lowest BCUT2D eigenvalue weighted by atomic mass is 10.2. The number of nitrogens with zero attached hydrogens (tertiary/aromatic N) is 1. The summed E-state index contributed by atoms with van der Waals surface area (Å²) in [6, 6.07) is 6.55. The molecule has 3 nitrogen and oxygen atoms in total. The molecule has 102 valence electrons. The topological polar surface area (TPSA) is 37.0 Å². The minimum atomic E-state index is 0.470. The Kier molecular flexibility index (Phi) is 7.65. The van der Waals surface area contributed by atoms with Gasteiger partial charge in [-0.05, 0) is 43.4 Å². The highest BCUT2D eigenvalue weighted by Gasteiger charge is 2.03. The van der Waals surface area contributed by atoms with E-state index in [1.807, 2.05) is 30.0 Å². The highest BCUT2D eigenvalue weighted by atomic mass is 32.2. The maximum absolute atomic E-state index is 4.55. The van der Waals surface area contributed by atoms with Crippen molar-refractivity contribution in [3.8, 4) is 0 Å². The maximum atomic E-state index is 4.55. The average Bonchev–Trinajstić information content (AvgIpc) is 2.37. The largest absolute Gasteiger partial charge is 0.370 e. The zero-order chi connectivity index (χ0) is 13.2. The number of nitrogens with one attached hydrogen (secondary N) is 2. The van der Waals surface area contributed by atoms with Crippen LogP contribution in [0, 0.1) is 0 Å². The molecular weight excluding hydrogens is 242 g/mol. The van der Waals surface area contributed by atoms with E-state index in [9.17, 15) is 0 Å². The Morgan fingerprint density at radius 1 is 1.28 bits per heavy atom. The van der Waals surface area contributed by atoms with Gasteiger partial charge in [0.25, 0.3) is 0 Å². The number of thioether (sulfide) groups is 1. The van der Waals surface area contributed by atoms with Crippen LogP contribution in [0.4, 0.5) is 11.6 Å². The third-order valence-electron chi connectivity index (χ3n) is 2.60. The molecule has 0 saturated heterocycles. The zero-order valence-electron chi connectivity index (χ0n) is 11.7. The molecule has 18 heavy (non-hydrogen) atoms. The molecule has 0 aliphatic heterocycles. The van der Waals surface area contributed by atoms with E-state index in [4.69, 9.17) is 0 Å². The SMILES string of the molecule is CCCNc1cccc(NC(C)CCSCC)n1. The van der Waals surface area contributed by atoms with E-state index >= 15 is 0 Å². The van der Waals surface area contributed by atoms with Crippen molar-refractivity contribution in [2.75, 3.05) is 28.7 Å². The van der Waals surface area contributed by atoms with Crippen LogP contribution in [0.5, 0.6) is 0 Å². The molecule has 1 unspecified atom stereocenters. The molecule has 2 N–H and O–H groups in total. The molecule has 0 spiro atoms. The molecule has 1 rings (SSSR count). The molecule has 1 atom stereocenters. The summed E-state index contributed by atoms with van der Waals surface area (Å²) in [5, 5.41) is 6.76. The van der Waals surface area contributed by atoms with E-state index in [-0.39, 0.29) is 0 Å². The first kappa shape index (κ1) is 15.2. The first-order chi connectivity index (χ1) is 8.76. The van der Waals surface area contributed by atoms with Crippen LogP contribution in [0.3, 0.4) is 0 Å². The van der Waals surface area contributed by atoms with E-state index in [0.29, 0.717) is 6.04 Å². The average molecular weight is 267 g/mol. The smallest absolute Gasteiger partial charge is 0.128 e. The minimum absolute atomic E-state index is 0.470. The lowest BCUT2D eigenvalue weighted by Crippen LogP contribution is -2.17. The van der Waals surface area contributed by atoms with Gasteiger partial charge in [-0.15, -0.1) is 0 Å². The lowest BCUT2D eigenvalue weighted by Gasteiger charge is -2.15. The van der Waals surface area contributed by atoms with Gasteiger partial charge in [0, 0.05) is 12.6 Å². The summed E-state index contributed by atoms with van der Waals surface area (Å²) >= 11 is 1.99. The summed E-state index contributed by atoms with van der Waals surface area (Å²) in [6.45, 7) is 7.54. The van der Waals surface area contributed by atoms with Crippen molar-refractivity contribution >= 4 is 23.4 Å². The molecule has 0 aromatic carbocycles. The molecule has 0 amide bonds. The number of rotatable bonds is 9. The van der Waals surface area contributed by atoms with Crippen LogP contribution in [0.1, 0.15) is 33.6 Å². The fraction of sp³-hybridized carbons (Fsp3) is 0.643. The number of pyridine rings is 1.